The second kappa shape index (κ2) is 5.31. The average molecular weight is 209 g/mol. The summed E-state index contributed by atoms with van der Waals surface area (Å²) in [6.07, 6.45) is 5.12. The van der Waals surface area contributed by atoms with Crippen LogP contribution in [0, 0.1) is 0 Å². The average Bonchev–Trinajstić information content (AvgIpc) is 2.65. The first-order valence-corrected chi connectivity index (χ1v) is 5.76. The maximum Gasteiger partial charge on any atom is 0.111 e. The molecule has 0 amide bonds. The minimum Gasteiger partial charge on any atom is -0.332 e. The Morgan fingerprint density at radius 3 is 2.53 bits per heavy atom. The predicted octanol–water partition coefficient (Wildman–Crippen LogP) is 2.57. The quantitative estimate of drug-likeness (QED) is 0.807. The Hall–Kier alpha value is -0.830. The zero-order valence-electron chi connectivity index (χ0n) is 10.5. The Bertz CT molecular complexity index is 291. The van der Waals surface area contributed by atoms with Crippen LogP contribution in [0.4, 0.5) is 0 Å². The summed E-state index contributed by atoms with van der Waals surface area (Å²) < 4.78 is 2.29. The van der Waals surface area contributed by atoms with Gasteiger partial charge >= 0.3 is 0 Å². The van der Waals surface area contributed by atoms with Crippen molar-refractivity contribution in [3.8, 4) is 0 Å². The maximum absolute atomic E-state index is 4.41. The van der Waals surface area contributed by atoms with Crippen molar-refractivity contribution in [2.75, 3.05) is 7.05 Å². The maximum atomic E-state index is 4.41. The Kier molecular flexibility index (Phi) is 4.33. The van der Waals surface area contributed by atoms with Crippen LogP contribution in [-0.2, 0) is 0 Å². The molecule has 0 bridgehead atoms. The monoisotopic (exact) mass is 209 g/mol. The first-order chi connectivity index (χ1) is 7.06. The van der Waals surface area contributed by atoms with Crippen LogP contribution in [0.1, 0.15) is 51.9 Å². The number of hydrogen-bond donors (Lipinski definition) is 1. The summed E-state index contributed by atoms with van der Waals surface area (Å²) in [6, 6.07) is 1.05. The number of rotatable bonds is 5. The molecule has 1 heterocycles. The van der Waals surface area contributed by atoms with E-state index in [-0.39, 0.29) is 0 Å². The summed E-state index contributed by atoms with van der Waals surface area (Å²) in [7, 11) is 2.01. The van der Waals surface area contributed by atoms with Crippen LogP contribution < -0.4 is 5.32 Å². The van der Waals surface area contributed by atoms with Crippen molar-refractivity contribution in [1.82, 2.24) is 14.9 Å². The fraction of sp³-hybridized carbons (Fsp3) is 0.750. The predicted molar refractivity (Wildman–Crippen MR) is 64.2 cm³/mol. The van der Waals surface area contributed by atoms with Gasteiger partial charge in [0.05, 0.1) is 0 Å². The highest BCUT2D eigenvalue weighted by Crippen LogP contribution is 2.20. The molecule has 0 radical (unpaired) electrons. The molecule has 2 atom stereocenters. The molecule has 2 unspecified atom stereocenters. The Balaban J connectivity index is 2.72. The molecule has 0 aromatic carbocycles. The van der Waals surface area contributed by atoms with E-state index in [0.29, 0.717) is 18.0 Å². The molecule has 1 N–H and O–H groups in total. The number of imidazole rings is 1. The van der Waals surface area contributed by atoms with Crippen LogP contribution in [0.5, 0.6) is 0 Å². The zero-order valence-corrected chi connectivity index (χ0v) is 10.5. The van der Waals surface area contributed by atoms with Crippen molar-refractivity contribution < 1.29 is 0 Å². The SMILES string of the molecule is CNC(C)CC(C)n1ccnc1C(C)C. The van der Waals surface area contributed by atoms with Crippen molar-refractivity contribution >= 4 is 0 Å². The van der Waals surface area contributed by atoms with Gasteiger partial charge in [0.1, 0.15) is 5.82 Å². The lowest BCUT2D eigenvalue weighted by molar-refractivity contribution is 0.417. The molecule has 15 heavy (non-hydrogen) atoms. The van der Waals surface area contributed by atoms with E-state index >= 15 is 0 Å². The minimum absolute atomic E-state index is 0.493. The third kappa shape index (κ3) is 3.06. The molecular weight excluding hydrogens is 186 g/mol. The molecular formula is C12H23N3. The second-order valence-corrected chi connectivity index (χ2v) is 4.62. The molecule has 1 aromatic heterocycles. The van der Waals surface area contributed by atoms with Crippen LogP contribution >= 0.6 is 0 Å². The van der Waals surface area contributed by atoms with Crippen LogP contribution in [0.2, 0.25) is 0 Å². The summed E-state index contributed by atoms with van der Waals surface area (Å²) in [5.41, 5.74) is 0. The van der Waals surface area contributed by atoms with Gasteiger partial charge < -0.3 is 9.88 Å². The first-order valence-electron chi connectivity index (χ1n) is 5.76. The van der Waals surface area contributed by atoms with Gasteiger partial charge in [0.25, 0.3) is 0 Å². The van der Waals surface area contributed by atoms with E-state index in [1.54, 1.807) is 0 Å². The van der Waals surface area contributed by atoms with E-state index in [0.717, 1.165) is 6.42 Å². The van der Waals surface area contributed by atoms with Crippen molar-refractivity contribution in [2.24, 2.45) is 0 Å². The van der Waals surface area contributed by atoms with Crippen molar-refractivity contribution in [3.05, 3.63) is 18.2 Å². The van der Waals surface area contributed by atoms with E-state index in [4.69, 9.17) is 0 Å². The number of nitrogens with zero attached hydrogens (tertiary/aromatic N) is 2. The molecule has 0 aliphatic rings. The van der Waals surface area contributed by atoms with Gasteiger partial charge in [0.2, 0.25) is 0 Å². The van der Waals surface area contributed by atoms with Gasteiger partial charge in [-0.05, 0) is 27.3 Å². The van der Waals surface area contributed by atoms with Crippen molar-refractivity contribution in [3.63, 3.8) is 0 Å². The molecule has 86 valence electrons. The van der Waals surface area contributed by atoms with Gasteiger partial charge in [0.15, 0.2) is 0 Å². The largest absolute Gasteiger partial charge is 0.332 e. The molecule has 3 nitrogen and oxygen atoms in total. The summed E-state index contributed by atoms with van der Waals surface area (Å²) in [4.78, 5) is 4.41. The van der Waals surface area contributed by atoms with Gasteiger partial charge in [0, 0.05) is 30.4 Å². The van der Waals surface area contributed by atoms with Crippen LogP contribution in [0.3, 0.4) is 0 Å². The highest BCUT2D eigenvalue weighted by molar-refractivity contribution is 4.99. The Labute approximate surface area is 92.9 Å². The molecule has 0 saturated carbocycles. The van der Waals surface area contributed by atoms with Gasteiger partial charge in [-0.25, -0.2) is 4.98 Å². The lowest BCUT2D eigenvalue weighted by Gasteiger charge is -2.21. The number of aromatic nitrogens is 2. The standard InChI is InChI=1S/C12H23N3/c1-9(2)12-14-6-7-15(12)11(4)8-10(3)13-5/h6-7,9-11,13H,8H2,1-5H3. The van der Waals surface area contributed by atoms with E-state index in [9.17, 15) is 0 Å². The molecule has 0 fully saturated rings. The second-order valence-electron chi connectivity index (χ2n) is 4.62. The highest BCUT2D eigenvalue weighted by Gasteiger charge is 2.14. The minimum atomic E-state index is 0.493. The number of hydrogen-bond acceptors (Lipinski definition) is 2. The smallest absolute Gasteiger partial charge is 0.111 e. The van der Waals surface area contributed by atoms with Gasteiger partial charge in [-0.15, -0.1) is 0 Å². The van der Waals surface area contributed by atoms with E-state index in [1.807, 2.05) is 13.2 Å². The molecule has 1 rings (SSSR count). The lowest BCUT2D eigenvalue weighted by atomic mass is 10.1. The topological polar surface area (TPSA) is 29.9 Å². The first kappa shape index (κ1) is 12.2. The molecule has 0 saturated heterocycles. The molecule has 3 heteroatoms. The van der Waals surface area contributed by atoms with Crippen LogP contribution in [0.15, 0.2) is 12.4 Å². The Morgan fingerprint density at radius 2 is 2.00 bits per heavy atom. The fourth-order valence-corrected chi connectivity index (χ4v) is 1.89. The molecule has 0 aliphatic heterocycles. The van der Waals surface area contributed by atoms with Gasteiger partial charge in [-0.1, -0.05) is 13.8 Å². The normalized spacial score (nSPS) is 15.6. The third-order valence-electron chi connectivity index (χ3n) is 2.88. The van der Waals surface area contributed by atoms with Crippen LogP contribution in [-0.4, -0.2) is 22.6 Å². The van der Waals surface area contributed by atoms with Crippen LogP contribution in [0.25, 0.3) is 0 Å². The summed E-state index contributed by atoms with van der Waals surface area (Å²) in [5.74, 6) is 1.68. The third-order valence-corrected chi connectivity index (χ3v) is 2.88. The zero-order chi connectivity index (χ0) is 11.4. The van der Waals surface area contributed by atoms with E-state index in [1.165, 1.54) is 5.82 Å². The summed E-state index contributed by atoms with van der Waals surface area (Å²) in [5, 5.41) is 3.27. The summed E-state index contributed by atoms with van der Waals surface area (Å²) in [6.45, 7) is 8.84. The summed E-state index contributed by atoms with van der Waals surface area (Å²) >= 11 is 0. The molecule has 0 aliphatic carbocycles. The number of nitrogens with one attached hydrogen (secondary N) is 1. The molecule has 0 spiro atoms. The van der Waals surface area contributed by atoms with E-state index < -0.39 is 0 Å². The van der Waals surface area contributed by atoms with Gasteiger partial charge in [-0.2, -0.15) is 0 Å². The van der Waals surface area contributed by atoms with Gasteiger partial charge in [-0.3, -0.25) is 0 Å². The highest BCUT2D eigenvalue weighted by atomic mass is 15.1. The van der Waals surface area contributed by atoms with Crippen molar-refractivity contribution in [1.29, 1.82) is 0 Å². The fourth-order valence-electron chi connectivity index (χ4n) is 1.89. The Morgan fingerprint density at radius 1 is 1.33 bits per heavy atom. The van der Waals surface area contributed by atoms with E-state index in [2.05, 4.69) is 48.8 Å². The molecule has 1 aromatic rings. The van der Waals surface area contributed by atoms with Crippen molar-refractivity contribution in [2.45, 2.75) is 52.1 Å². The lowest BCUT2D eigenvalue weighted by Crippen LogP contribution is -2.25.